The lowest BCUT2D eigenvalue weighted by atomic mass is 10.2. The quantitative estimate of drug-likeness (QED) is 0.887. The molecule has 6 nitrogen and oxygen atoms in total. The molecule has 0 aliphatic heterocycles. The summed E-state index contributed by atoms with van der Waals surface area (Å²) in [5, 5.41) is 12.1. The fourth-order valence-electron chi connectivity index (χ4n) is 1.76. The van der Waals surface area contributed by atoms with Crippen LogP contribution < -0.4 is 15.8 Å². The molecule has 20 heavy (non-hydrogen) atoms. The molecule has 0 bridgehead atoms. The van der Waals surface area contributed by atoms with Gasteiger partial charge in [0.15, 0.2) is 0 Å². The van der Waals surface area contributed by atoms with Crippen LogP contribution in [0.15, 0.2) is 18.2 Å². The number of nitriles is 1. The Morgan fingerprint density at radius 2 is 2.05 bits per heavy atom. The zero-order valence-electron chi connectivity index (χ0n) is 11.6. The summed E-state index contributed by atoms with van der Waals surface area (Å²) in [6.45, 7) is 3.62. The molecule has 0 saturated carbocycles. The summed E-state index contributed by atoms with van der Waals surface area (Å²) >= 11 is 0. The van der Waals surface area contributed by atoms with Crippen LogP contribution in [-0.2, 0) is 0 Å². The topological polar surface area (TPSA) is 96.8 Å². The molecule has 0 unspecified atom stereocenters. The number of anilines is 3. The highest BCUT2D eigenvalue weighted by atomic mass is 16.5. The van der Waals surface area contributed by atoms with Crippen LogP contribution in [0.3, 0.4) is 0 Å². The van der Waals surface area contributed by atoms with E-state index in [4.69, 9.17) is 15.7 Å². The van der Waals surface area contributed by atoms with Gasteiger partial charge >= 0.3 is 0 Å². The van der Waals surface area contributed by atoms with Gasteiger partial charge in [-0.1, -0.05) is 0 Å². The molecule has 3 N–H and O–H groups in total. The molecule has 0 radical (unpaired) electrons. The number of nitrogen functional groups attached to an aromatic ring is 1. The van der Waals surface area contributed by atoms with Crippen molar-refractivity contribution in [2.45, 2.75) is 13.8 Å². The van der Waals surface area contributed by atoms with Crippen LogP contribution in [0.25, 0.3) is 0 Å². The predicted octanol–water partition coefficient (Wildman–Crippen LogP) is 2.30. The molecule has 0 saturated heterocycles. The van der Waals surface area contributed by atoms with Crippen molar-refractivity contribution in [1.29, 1.82) is 5.26 Å². The molecule has 0 aliphatic carbocycles. The Balaban J connectivity index is 2.43. The molecule has 1 aromatic carbocycles. The molecule has 2 rings (SSSR count). The van der Waals surface area contributed by atoms with Crippen molar-refractivity contribution < 1.29 is 4.74 Å². The number of nitrogens with zero attached hydrogens (tertiary/aromatic N) is 3. The van der Waals surface area contributed by atoms with Crippen molar-refractivity contribution in [2.75, 3.05) is 18.2 Å². The standard InChI is InChI=1S/C14H15N5O/c1-8-13(16)17-9(2)18-14(8)19-11-5-4-10(7-15)6-12(11)20-3/h4-6H,1-3H3,(H3,16,17,18,19). The Bertz CT molecular complexity index is 691. The van der Waals surface area contributed by atoms with Gasteiger partial charge in [-0.2, -0.15) is 5.26 Å². The van der Waals surface area contributed by atoms with E-state index >= 15 is 0 Å². The first-order valence-corrected chi connectivity index (χ1v) is 6.01. The maximum atomic E-state index is 8.89. The number of methoxy groups -OCH3 is 1. The highest BCUT2D eigenvalue weighted by Gasteiger charge is 2.10. The Labute approximate surface area is 117 Å². The lowest BCUT2D eigenvalue weighted by Gasteiger charge is -2.13. The van der Waals surface area contributed by atoms with Crippen LogP contribution in [-0.4, -0.2) is 17.1 Å². The van der Waals surface area contributed by atoms with Crippen molar-refractivity contribution in [1.82, 2.24) is 9.97 Å². The zero-order valence-corrected chi connectivity index (χ0v) is 11.6. The normalized spacial score (nSPS) is 9.90. The van der Waals surface area contributed by atoms with E-state index in [1.54, 1.807) is 32.2 Å². The van der Waals surface area contributed by atoms with Gasteiger partial charge in [0.25, 0.3) is 0 Å². The molecule has 0 amide bonds. The highest BCUT2D eigenvalue weighted by molar-refractivity contribution is 5.69. The molecule has 1 aromatic heterocycles. The highest BCUT2D eigenvalue weighted by Crippen LogP contribution is 2.29. The average molecular weight is 269 g/mol. The van der Waals surface area contributed by atoms with E-state index in [9.17, 15) is 0 Å². The predicted molar refractivity (Wildman–Crippen MR) is 76.9 cm³/mol. The number of aromatic nitrogens is 2. The number of nitrogens with one attached hydrogen (secondary N) is 1. The third kappa shape index (κ3) is 2.62. The Kier molecular flexibility index (Phi) is 3.71. The van der Waals surface area contributed by atoms with Crippen molar-refractivity contribution >= 4 is 17.3 Å². The number of hydrogen-bond donors (Lipinski definition) is 2. The van der Waals surface area contributed by atoms with E-state index in [1.165, 1.54) is 0 Å². The summed E-state index contributed by atoms with van der Waals surface area (Å²) in [6.07, 6.45) is 0. The van der Waals surface area contributed by atoms with Gasteiger partial charge in [-0.15, -0.1) is 0 Å². The lowest BCUT2D eigenvalue weighted by Crippen LogP contribution is -2.05. The van der Waals surface area contributed by atoms with Gasteiger partial charge in [0, 0.05) is 11.6 Å². The first-order chi connectivity index (χ1) is 9.55. The molecule has 2 aromatic rings. The first-order valence-electron chi connectivity index (χ1n) is 6.01. The number of hydrogen-bond acceptors (Lipinski definition) is 6. The van der Waals surface area contributed by atoms with E-state index < -0.39 is 0 Å². The monoisotopic (exact) mass is 269 g/mol. The molecular weight excluding hydrogens is 254 g/mol. The Morgan fingerprint density at radius 3 is 2.70 bits per heavy atom. The summed E-state index contributed by atoms with van der Waals surface area (Å²) in [4.78, 5) is 8.42. The van der Waals surface area contributed by atoms with Crippen LogP contribution in [0.5, 0.6) is 5.75 Å². The van der Waals surface area contributed by atoms with E-state index in [-0.39, 0.29) is 0 Å². The van der Waals surface area contributed by atoms with Gasteiger partial charge in [0.05, 0.1) is 24.4 Å². The van der Waals surface area contributed by atoms with E-state index in [0.717, 1.165) is 5.56 Å². The van der Waals surface area contributed by atoms with Gasteiger partial charge in [0.1, 0.15) is 23.2 Å². The Morgan fingerprint density at radius 1 is 1.30 bits per heavy atom. The number of ether oxygens (including phenoxy) is 1. The van der Waals surface area contributed by atoms with E-state index in [2.05, 4.69) is 21.4 Å². The van der Waals surface area contributed by atoms with Gasteiger partial charge in [-0.3, -0.25) is 0 Å². The van der Waals surface area contributed by atoms with Gasteiger partial charge in [-0.05, 0) is 26.0 Å². The third-order valence-corrected chi connectivity index (χ3v) is 2.88. The summed E-state index contributed by atoms with van der Waals surface area (Å²) in [5.74, 6) is 2.21. The molecule has 0 fully saturated rings. The third-order valence-electron chi connectivity index (χ3n) is 2.88. The van der Waals surface area contributed by atoms with Crippen LogP contribution >= 0.6 is 0 Å². The molecule has 0 aliphatic rings. The summed E-state index contributed by atoms with van der Waals surface area (Å²) < 4.78 is 5.27. The SMILES string of the molecule is COc1cc(C#N)ccc1Nc1nc(C)nc(N)c1C. The van der Waals surface area contributed by atoms with E-state index in [1.807, 2.05) is 6.92 Å². The number of rotatable bonds is 3. The molecule has 6 heteroatoms. The van der Waals surface area contributed by atoms with Crippen molar-refractivity contribution in [3.05, 3.63) is 35.2 Å². The van der Waals surface area contributed by atoms with E-state index in [0.29, 0.717) is 34.5 Å². The molecule has 0 atom stereocenters. The second-order valence-corrected chi connectivity index (χ2v) is 4.28. The molecule has 1 heterocycles. The summed E-state index contributed by atoms with van der Waals surface area (Å²) in [5.41, 5.74) is 7.84. The van der Waals surface area contributed by atoms with Crippen LogP contribution in [0.2, 0.25) is 0 Å². The second-order valence-electron chi connectivity index (χ2n) is 4.28. The van der Waals surface area contributed by atoms with Crippen LogP contribution in [0.1, 0.15) is 17.0 Å². The molecular formula is C14H15N5O. The van der Waals surface area contributed by atoms with Gasteiger partial charge < -0.3 is 15.8 Å². The fourth-order valence-corrected chi connectivity index (χ4v) is 1.76. The van der Waals surface area contributed by atoms with Crippen LogP contribution in [0.4, 0.5) is 17.3 Å². The molecule has 0 spiro atoms. The summed E-state index contributed by atoms with van der Waals surface area (Å²) in [7, 11) is 1.55. The minimum atomic E-state index is 0.438. The van der Waals surface area contributed by atoms with Crippen LogP contribution in [0, 0.1) is 25.2 Å². The van der Waals surface area contributed by atoms with Crippen molar-refractivity contribution in [2.24, 2.45) is 0 Å². The fraction of sp³-hybridized carbons (Fsp3) is 0.214. The Hall–Kier alpha value is -2.81. The van der Waals surface area contributed by atoms with Gasteiger partial charge in [0.2, 0.25) is 0 Å². The number of nitrogens with two attached hydrogens (primary N) is 1. The maximum Gasteiger partial charge on any atom is 0.143 e. The summed E-state index contributed by atoms with van der Waals surface area (Å²) in [6, 6.07) is 7.20. The number of benzene rings is 1. The van der Waals surface area contributed by atoms with Crippen molar-refractivity contribution in [3.63, 3.8) is 0 Å². The van der Waals surface area contributed by atoms with Gasteiger partial charge in [-0.25, -0.2) is 9.97 Å². The maximum absolute atomic E-state index is 8.89. The molecule has 102 valence electrons. The minimum Gasteiger partial charge on any atom is -0.495 e. The van der Waals surface area contributed by atoms with Crippen molar-refractivity contribution in [3.8, 4) is 11.8 Å². The smallest absolute Gasteiger partial charge is 0.143 e. The average Bonchev–Trinajstić information content (AvgIpc) is 2.44. The zero-order chi connectivity index (χ0) is 14.7. The lowest BCUT2D eigenvalue weighted by molar-refractivity contribution is 0.416. The second kappa shape index (κ2) is 5.45. The first kappa shape index (κ1) is 13.6. The minimum absolute atomic E-state index is 0.438. The number of aryl methyl sites for hydroxylation is 1. The largest absolute Gasteiger partial charge is 0.495 e.